The molecular weight excluding hydrogens is 306 g/mol. The van der Waals surface area contributed by atoms with Gasteiger partial charge in [0.1, 0.15) is 5.78 Å². The minimum absolute atomic E-state index is 0.167. The molecule has 0 saturated carbocycles. The Kier molecular flexibility index (Phi) is 53.8. The molecule has 0 saturated heterocycles. The normalized spacial score (nSPS) is 10.1. The Morgan fingerprint density at radius 2 is 1.20 bits per heavy atom. The molecule has 0 amide bonds. The van der Waals surface area contributed by atoms with Crippen molar-refractivity contribution in [3.05, 3.63) is 23.4 Å². The quantitative estimate of drug-likeness (QED) is 0.439. The molecule has 152 valence electrons. The molecule has 0 rings (SSSR count). The molecule has 0 bridgehead atoms. The zero-order chi connectivity index (χ0) is 21.1. The van der Waals surface area contributed by atoms with Gasteiger partial charge < -0.3 is 4.79 Å². The van der Waals surface area contributed by atoms with Crippen LogP contribution in [-0.2, 0) is 4.79 Å². The van der Waals surface area contributed by atoms with Gasteiger partial charge in [-0.25, -0.2) is 0 Å². The monoisotopic (exact) mass is 355 g/mol. The van der Waals surface area contributed by atoms with Crippen molar-refractivity contribution in [1.29, 1.82) is 0 Å². The van der Waals surface area contributed by atoms with Crippen LogP contribution in [0.25, 0.3) is 0 Å². The largest absolute Gasteiger partial charge is 0.300 e. The van der Waals surface area contributed by atoms with Crippen molar-refractivity contribution >= 4 is 12.0 Å². The van der Waals surface area contributed by atoms with E-state index < -0.39 is 0 Å². The first kappa shape index (κ1) is 35.0. The van der Waals surface area contributed by atoms with Crippen LogP contribution in [0.5, 0.6) is 0 Å². The number of hydrogen-bond acceptors (Lipinski definition) is 2. The fourth-order valence-electron chi connectivity index (χ4n) is 0.924. The maximum absolute atomic E-state index is 9.44. The molecule has 0 aromatic rings. The first-order valence-corrected chi connectivity index (χ1v) is 10.2. The van der Waals surface area contributed by atoms with Gasteiger partial charge in [-0.1, -0.05) is 79.9 Å². The molecule has 2 heteroatoms. The van der Waals surface area contributed by atoms with Gasteiger partial charge in [0.05, 0.1) is 0 Å². The standard InChI is InChI=1S/C12H21N.C4H10.C3H6O.2C2H6/c1-5-8-9-12(7-3)10-13-11(4)6-2;1-3-4-2;1-3(2)4;2*1-2/h6-7,10H,5,8-9H2,1-4H3;3-4H2,1-2H3;1-2H3;2*1-2H3/b11-6+,12-7-,13-10+;;;;. The zero-order valence-corrected chi connectivity index (χ0v) is 19.6. The predicted octanol–water partition coefficient (Wildman–Crippen LogP) is 8.57. The number of aliphatic imine (C=N–C) groups is 1. The Balaban J connectivity index is -0.0000000915. The van der Waals surface area contributed by atoms with E-state index >= 15 is 0 Å². The highest BCUT2D eigenvalue weighted by atomic mass is 16.1. The van der Waals surface area contributed by atoms with E-state index in [0.717, 1.165) is 12.1 Å². The lowest BCUT2D eigenvalue weighted by molar-refractivity contribution is -0.114. The average molecular weight is 356 g/mol. The molecule has 0 aliphatic heterocycles. The van der Waals surface area contributed by atoms with Crippen LogP contribution in [0, 0.1) is 0 Å². The van der Waals surface area contributed by atoms with Gasteiger partial charge in [-0.3, -0.25) is 4.99 Å². The maximum Gasteiger partial charge on any atom is 0.126 e. The molecule has 0 aliphatic rings. The summed E-state index contributed by atoms with van der Waals surface area (Å²) in [6.07, 6.45) is 12.4. The highest BCUT2D eigenvalue weighted by Gasteiger charge is 1.90. The number of hydrogen-bond donors (Lipinski definition) is 0. The van der Waals surface area contributed by atoms with Crippen molar-refractivity contribution in [2.45, 2.75) is 115 Å². The zero-order valence-electron chi connectivity index (χ0n) is 19.6. The van der Waals surface area contributed by atoms with Gasteiger partial charge in [0.2, 0.25) is 0 Å². The van der Waals surface area contributed by atoms with Crippen molar-refractivity contribution in [3.8, 4) is 0 Å². The highest BCUT2D eigenvalue weighted by Crippen LogP contribution is 2.05. The van der Waals surface area contributed by atoms with Crippen molar-refractivity contribution in [2.24, 2.45) is 4.99 Å². The number of rotatable bonds is 6. The summed E-state index contributed by atoms with van der Waals surface area (Å²) < 4.78 is 0. The molecule has 0 fully saturated rings. The summed E-state index contributed by atoms with van der Waals surface area (Å²) in [4.78, 5) is 13.8. The number of carbonyl (C=O) groups excluding carboxylic acids is 1. The number of carbonyl (C=O) groups is 1. The van der Waals surface area contributed by atoms with Gasteiger partial charge in [0.25, 0.3) is 0 Å². The summed E-state index contributed by atoms with van der Waals surface area (Å²) in [5, 5.41) is 0. The Bertz CT molecular complexity index is 306. The van der Waals surface area contributed by atoms with E-state index in [1.165, 1.54) is 45.1 Å². The third kappa shape index (κ3) is 60.2. The third-order valence-electron chi connectivity index (χ3n) is 2.54. The van der Waals surface area contributed by atoms with Crippen molar-refractivity contribution in [1.82, 2.24) is 0 Å². The molecule has 0 spiro atoms. The summed E-state index contributed by atoms with van der Waals surface area (Å²) in [7, 11) is 0. The SMILES string of the molecule is CC.CC.CC(C)=O.CCCC.C\C=C(/C=N/C(C)=C/C)CCCC. The van der Waals surface area contributed by atoms with E-state index in [1.807, 2.05) is 53.8 Å². The Labute approximate surface area is 160 Å². The lowest BCUT2D eigenvalue weighted by Crippen LogP contribution is -1.85. The van der Waals surface area contributed by atoms with Gasteiger partial charge in [0, 0.05) is 11.9 Å². The minimum Gasteiger partial charge on any atom is -0.300 e. The van der Waals surface area contributed by atoms with E-state index in [1.54, 1.807) is 0 Å². The lowest BCUT2D eigenvalue weighted by Gasteiger charge is -1.98. The third-order valence-corrected chi connectivity index (χ3v) is 2.54. The van der Waals surface area contributed by atoms with E-state index in [9.17, 15) is 4.79 Å². The molecule has 0 N–H and O–H groups in total. The van der Waals surface area contributed by atoms with E-state index in [2.05, 4.69) is 38.8 Å². The van der Waals surface area contributed by atoms with Crippen LogP contribution in [0.15, 0.2) is 28.4 Å². The average Bonchev–Trinajstić information content (AvgIpc) is 2.64. The van der Waals surface area contributed by atoms with E-state index in [0.29, 0.717) is 0 Å². The molecule has 0 radical (unpaired) electrons. The van der Waals surface area contributed by atoms with Gasteiger partial charge in [-0.15, -0.1) is 0 Å². The summed E-state index contributed by atoms with van der Waals surface area (Å²) >= 11 is 0. The molecule has 2 nitrogen and oxygen atoms in total. The molecular formula is C23H49NO. The number of unbranched alkanes of at least 4 members (excludes halogenated alkanes) is 2. The van der Waals surface area contributed by atoms with Crippen LogP contribution in [-0.4, -0.2) is 12.0 Å². The van der Waals surface area contributed by atoms with Gasteiger partial charge in [-0.05, 0) is 53.0 Å². The number of Topliss-reactive ketones (excluding diaryl/α,β-unsaturated/α-hetero) is 1. The first-order chi connectivity index (χ1) is 11.9. The molecule has 0 aromatic carbocycles. The molecule has 0 aromatic heterocycles. The summed E-state index contributed by atoms with van der Waals surface area (Å²) in [5.74, 6) is 0.167. The van der Waals surface area contributed by atoms with Crippen LogP contribution in [0.2, 0.25) is 0 Å². The van der Waals surface area contributed by atoms with E-state index in [4.69, 9.17) is 0 Å². The van der Waals surface area contributed by atoms with Gasteiger partial charge in [-0.2, -0.15) is 0 Å². The Morgan fingerprint density at radius 1 is 0.800 bits per heavy atom. The van der Waals surface area contributed by atoms with Crippen LogP contribution in [0.3, 0.4) is 0 Å². The molecule has 0 heterocycles. The molecule has 0 unspecified atom stereocenters. The van der Waals surface area contributed by atoms with E-state index in [-0.39, 0.29) is 5.78 Å². The van der Waals surface area contributed by atoms with Crippen molar-refractivity contribution in [2.75, 3.05) is 0 Å². The van der Waals surface area contributed by atoms with Crippen LogP contribution in [0.4, 0.5) is 0 Å². The van der Waals surface area contributed by atoms with Gasteiger partial charge >= 0.3 is 0 Å². The Hall–Kier alpha value is -1.18. The number of allylic oxidation sites excluding steroid dienone is 4. The second-order valence-corrected chi connectivity index (χ2v) is 5.06. The summed E-state index contributed by atoms with van der Waals surface area (Å²) in [6, 6.07) is 0. The van der Waals surface area contributed by atoms with Crippen LogP contribution < -0.4 is 0 Å². The molecule has 0 aliphatic carbocycles. The number of ketones is 1. The first-order valence-electron chi connectivity index (χ1n) is 10.2. The Morgan fingerprint density at radius 3 is 1.44 bits per heavy atom. The van der Waals surface area contributed by atoms with Crippen LogP contribution in [0.1, 0.15) is 115 Å². The highest BCUT2D eigenvalue weighted by molar-refractivity contribution is 5.79. The fraction of sp³-hybridized carbons (Fsp3) is 0.739. The minimum atomic E-state index is 0.167. The van der Waals surface area contributed by atoms with Crippen molar-refractivity contribution < 1.29 is 4.79 Å². The topological polar surface area (TPSA) is 29.4 Å². The molecule has 25 heavy (non-hydrogen) atoms. The predicted molar refractivity (Wildman–Crippen MR) is 121 cm³/mol. The second-order valence-electron chi connectivity index (χ2n) is 5.06. The summed E-state index contributed by atoms with van der Waals surface area (Å²) in [5.41, 5.74) is 2.42. The second kappa shape index (κ2) is 38.4. The van der Waals surface area contributed by atoms with Crippen molar-refractivity contribution in [3.63, 3.8) is 0 Å². The van der Waals surface area contributed by atoms with Gasteiger partial charge in [0.15, 0.2) is 0 Å². The fourth-order valence-corrected chi connectivity index (χ4v) is 0.924. The summed E-state index contributed by atoms with van der Waals surface area (Å²) in [6.45, 7) is 23.7. The lowest BCUT2D eigenvalue weighted by atomic mass is 10.1. The number of nitrogens with zero attached hydrogens (tertiary/aromatic N) is 1. The van der Waals surface area contributed by atoms with Crippen LogP contribution >= 0.6 is 0 Å². The molecule has 0 atom stereocenters. The smallest absolute Gasteiger partial charge is 0.126 e. The maximum atomic E-state index is 9.44.